The van der Waals surface area contributed by atoms with Crippen LogP contribution in [0.4, 0.5) is 4.39 Å². The smallest absolute Gasteiger partial charge is 0.191 e. The maximum Gasteiger partial charge on any atom is 0.191 e. The van der Waals surface area contributed by atoms with Crippen molar-refractivity contribution in [1.29, 1.82) is 0 Å². The van der Waals surface area contributed by atoms with Gasteiger partial charge in [-0.1, -0.05) is 0 Å². The predicted octanol–water partition coefficient (Wildman–Crippen LogP) is 2.29. The van der Waals surface area contributed by atoms with Gasteiger partial charge in [0, 0.05) is 31.4 Å². The molecule has 28 heavy (non-hydrogen) atoms. The molecule has 0 aliphatic carbocycles. The number of aryl methyl sites for hydroxylation is 2. The number of nitrogens with zero attached hydrogens (tertiary/aromatic N) is 3. The number of benzene rings is 1. The number of nitrogens with one attached hydrogen (secondary N) is 2. The molecule has 0 bridgehead atoms. The summed E-state index contributed by atoms with van der Waals surface area (Å²) in [5.74, 6) is 0.801. The number of aliphatic imine (C=N–C) groups is 1. The van der Waals surface area contributed by atoms with E-state index in [0.717, 1.165) is 17.0 Å². The molecular weight excluding hydrogens is 476 g/mol. The average Bonchev–Trinajstić information content (AvgIpc) is 2.89. The van der Waals surface area contributed by atoms with Crippen LogP contribution in [0.15, 0.2) is 29.3 Å². The molecule has 156 valence electrons. The standard InChI is InChI=1S/C19H28FN5O2.HI/c1-5-21-19(23-11-18-13(2)24-25(4)14(18)3)22-10-16(26)12-27-17-8-6-15(20)7-9-17;/h6-9,16,26H,5,10-12H2,1-4H3,(H2,21,22,23);1H. The van der Waals surface area contributed by atoms with Crippen molar-refractivity contribution in [1.82, 2.24) is 20.4 Å². The molecule has 1 aromatic carbocycles. The quantitative estimate of drug-likeness (QED) is 0.292. The van der Waals surface area contributed by atoms with Crippen LogP contribution in [-0.4, -0.2) is 46.6 Å². The van der Waals surface area contributed by atoms with Crippen LogP contribution in [-0.2, 0) is 13.6 Å². The van der Waals surface area contributed by atoms with Crippen LogP contribution < -0.4 is 15.4 Å². The Morgan fingerprint density at radius 2 is 1.96 bits per heavy atom. The first-order valence-electron chi connectivity index (χ1n) is 8.98. The van der Waals surface area contributed by atoms with Gasteiger partial charge in [-0.15, -0.1) is 24.0 Å². The third-order valence-corrected chi connectivity index (χ3v) is 4.16. The number of aliphatic hydroxyl groups excluding tert-OH is 1. The molecule has 1 unspecified atom stereocenters. The molecule has 0 amide bonds. The first-order valence-corrected chi connectivity index (χ1v) is 8.98. The lowest BCUT2D eigenvalue weighted by atomic mass is 10.2. The van der Waals surface area contributed by atoms with Crippen molar-refractivity contribution in [2.45, 2.75) is 33.4 Å². The Labute approximate surface area is 182 Å². The van der Waals surface area contributed by atoms with Crippen molar-refractivity contribution in [2.24, 2.45) is 12.0 Å². The van der Waals surface area contributed by atoms with Crippen LogP contribution in [0, 0.1) is 19.7 Å². The van der Waals surface area contributed by atoms with Gasteiger partial charge in [0.05, 0.1) is 12.2 Å². The number of rotatable bonds is 8. The molecule has 0 spiro atoms. The fourth-order valence-electron chi connectivity index (χ4n) is 2.54. The summed E-state index contributed by atoms with van der Waals surface area (Å²) in [6.45, 7) is 7.54. The lowest BCUT2D eigenvalue weighted by Gasteiger charge is -2.16. The van der Waals surface area contributed by atoms with Gasteiger partial charge < -0.3 is 20.5 Å². The van der Waals surface area contributed by atoms with Gasteiger partial charge in [0.15, 0.2) is 5.96 Å². The van der Waals surface area contributed by atoms with Gasteiger partial charge in [-0.3, -0.25) is 4.68 Å². The third kappa shape index (κ3) is 7.27. The Kier molecular flexibility index (Phi) is 10.2. The van der Waals surface area contributed by atoms with Crippen LogP contribution in [0.3, 0.4) is 0 Å². The zero-order chi connectivity index (χ0) is 19.8. The van der Waals surface area contributed by atoms with E-state index in [-0.39, 0.29) is 42.9 Å². The molecular formula is C19H29FIN5O2. The van der Waals surface area contributed by atoms with E-state index in [4.69, 9.17) is 4.74 Å². The minimum atomic E-state index is -0.735. The predicted molar refractivity (Wildman–Crippen MR) is 119 cm³/mol. The molecule has 2 rings (SSSR count). The van der Waals surface area contributed by atoms with Gasteiger partial charge >= 0.3 is 0 Å². The fourth-order valence-corrected chi connectivity index (χ4v) is 2.54. The summed E-state index contributed by atoms with van der Waals surface area (Å²) in [7, 11) is 1.91. The number of aliphatic hydroxyl groups is 1. The Morgan fingerprint density at radius 1 is 1.29 bits per heavy atom. The van der Waals surface area contributed by atoms with Crippen LogP contribution in [0.2, 0.25) is 0 Å². The molecule has 0 saturated carbocycles. The second-order valence-corrected chi connectivity index (χ2v) is 6.27. The lowest BCUT2D eigenvalue weighted by molar-refractivity contribution is 0.110. The maximum atomic E-state index is 12.9. The van der Waals surface area contributed by atoms with E-state index in [2.05, 4.69) is 20.7 Å². The second-order valence-electron chi connectivity index (χ2n) is 6.27. The highest BCUT2D eigenvalue weighted by atomic mass is 127. The second kappa shape index (κ2) is 11.8. The third-order valence-electron chi connectivity index (χ3n) is 4.16. The molecule has 2 aromatic rings. The van der Waals surface area contributed by atoms with Crippen LogP contribution in [0.25, 0.3) is 0 Å². The molecule has 9 heteroatoms. The molecule has 7 nitrogen and oxygen atoms in total. The molecule has 0 aliphatic heterocycles. The summed E-state index contributed by atoms with van der Waals surface area (Å²) in [6, 6.07) is 5.69. The minimum Gasteiger partial charge on any atom is -0.491 e. The SMILES string of the molecule is CCNC(=NCc1c(C)nn(C)c1C)NCC(O)COc1ccc(F)cc1.I. The molecule has 0 saturated heterocycles. The van der Waals surface area contributed by atoms with E-state index >= 15 is 0 Å². The van der Waals surface area contributed by atoms with E-state index in [1.54, 1.807) is 0 Å². The van der Waals surface area contributed by atoms with Crippen molar-refractivity contribution in [2.75, 3.05) is 19.7 Å². The number of hydrogen-bond donors (Lipinski definition) is 3. The van der Waals surface area contributed by atoms with E-state index in [9.17, 15) is 9.50 Å². The van der Waals surface area contributed by atoms with E-state index < -0.39 is 6.10 Å². The summed E-state index contributed by atoms with van der Waals surface area (Å²) in [4.78, 5) is 4.57. The van der Waals surface area contributed by atoms with Gasteiger partial charge in [0.1, 0.15) is 24.3 Å². The number of hydrogen-bond acceptors (Lipinski definition) is 4. The largest absolute Gasteiger partial charge is 0.491 e. The average molecular weight is 505 g/mol. The zero-order valence-corrected chi connectivity index (χ0v) is 19.0. The van der Waals surface area contributed by atoms with Gasteiger partial charge in [-0.25, -0.2) is 9.38 Å². The van der Waals surface area contributed by atoms with Crippen LogP contribution in [0.5, 0.6) is 5.75 Å². The lowest BCUT2D eigenvalue weighted by Crippen LogP contribution is -2.42. The summed E-state index contributed by atoms with van der Waals surface area (Å²) in [5.41, 5.74) is 3.14. The van der Waals surface area contributed by atoms with E-state index in [1.165, 1.54) is 24.3 Å². The number of aromatic nitrogens is 2. The number of ether oxygens (including phenoxy) is 1. The van der Waals surface area contributed by atoms with Crippen LogP contribution >= 0.6 is 24.0 Å². The normalized spacial score (nSPS) is 12.3. The summed E-state index contributed by atoms with van der Waals surface area (Å²) in [5, 5.41) is 20.8. The van der Waals surface area contributed by atoms with Gasteiger partial charge in [0.2, 0.25) is 0 Å². The van der Waals surface area contributed by atoms with Gasteiger partial charge in [0.25, 0.3) is 0 Å². The fraction of sp³-hybridized carbons (Fsp3) is 0.474. The zero-order valence-electron chi connectivity index (χ0n) is 16.7. The summed E-state index contributed by atoms with van der Waals surface area (Å²) in [6.07, 6.45) is -0.735. The topological polar surface area (TPSA) is 83.7 Å². The molecule has 1 aromatic heterocycles. The minimum absolute atomic E-state index is 0. The molecule has 0 fully saturated rings. The van der Waals surface area contributed by atoms with Crippen LogP contribution in [0.1, 0.15) is 23.9 Å². The van der Waals surface area contributed by atoms with Crippen molar-refractivity contribution in [3.8, 4) is 5.75 Å². The van der Waals surface area contributed by atoms with Crippen molar-refractivity contribution in [3.63, 3.8) is 0 Å². The Balaban J connectivity index is 0.00000392. The van der Waals surface area contributed by atoms with Crippen molar-refractivity contribution >= 4 is 29.9 Å². The summed E-state index contributed by atoms with van der Waals surface area (Å²) >= 11 is 0. The first-order chi connectivity index (χ1) is 12.9. The number of halogens is 2. The Morgan fingerprint density at radius 3 is 2.54 bits per heavy atom. The molecule has 0 aliphatic rings. The van der Waals surface area contributed by atoms with E-state index in [1.807, 2.05) is 32.5 Å². The monoisotopic (exact) mass is 505 g/mol. The van der Waals surface area contributed by atoms with Crippen molar-refractivity contribution in [3.05, 3.63) is 47.0 Å². The molecule has 1 atom stereocenters. The molecule has 0 radical (unpaired) electrons. The van der Waals surface area contributed by atoms with Gasteiger partial charge in [-0.05, 0) is 45.0 Å². The Hall–Kier alpha value is -1.88. The molecule has 3 N–H and O–H groups in total. The van der Waals surface area contributed by atoms with Crippen molar-refractivity contribution < 1.29 is 14.2 Å². The highest BCUT2D eigenvalue weighted by molar-refractivity contribution is 14.0. The van der Waals surface area contributed by atoms with Gasteiger partial charge in [-0.2, -0.15) is 5.10 Å². The van der Waals surface area contributed by atoms with E-state index in [0.29, 0.717) is 24.8 Å². The summed E-state index contributed by atoms with van der Waals surface area (Å²) < 4.78 is 20.2. The number of guanidine groups is 1. The highest BCUT2D eigenvalue weighted by Crippen LogP contribution is 2.13. The molecule has 1 heterocycles. The highest BCUT2D eigenvalue weighted by Gasteiger charge is 2.10. The Bertz CT molecular complexity index is 764. The first kappa shape index (κ1) is 24.2. The maximum absolute atomic E-state index is 12.9.